The van der Waals surface area contributed by atoms with Gasteiger partial charge in [0.1, 0.15) is 0 Å². The van der Waals surface area contributed by atoms with Gasteiger partial charge in [-0.05, 0) is 84.1 Å². The van der Waals surface area contributed by atoms with Crippen LogP contribution in [0, 0.1) is 0 Å². The van der Waals surface area contributed by atoms with Crippen molar-refractivity contribution in [3.8, 4) is 0 Å². The Balaban J connectivity index is 1.43. The number of amides is 1. The molecule has 2 aliphatic rings. The van der Waals surface area contributed by atoms with Crippen LogP contribution in [0.3, 0.4) is 0 Å². The molecule has 0 unspecified atom stereocenters. The molecule has 0 bridgehead atoms. The van der Waals surface area contributed by atoms with Gasteiger partial charge >= 0.3 is 0 Å². The summed E-state index contributed by atoms with van der Waals surface area (Å²) in [5.74, 6) is -0.363. The molecule has 0 saturated heterocycles. The summed E-state index contributed by atoms with van der Waals surface area (Å²) in [6, 6.07) is 12.6. The largest absolute Gasteiger partial charge is 0.382 e. The molecule has 30 heavy (non-hydrogen) atoms. The molecule has 2 aromatic rings. The summed E-state index contributed by atoms with van der Waals surface area (Å²) in [6.45, 7) is 0. The first-order chi connectivity index (χ1) is 14.4. The molecule has 8 heteroatoms. The number of sulfonamides is 1. The van der Waals surface area contributed by atoms with E-state index >= 15 is 0 Å². The highest BCUT2D eigenvalue weighted by Gasteiger charge is 2.28. The average molecular weight is 492 g/mol. The molecular weight excluding hydrogens is 466 g/mol. The van der Waals surface area contributed by atoms with Crippen molar-refractivity contribution in [3.63, 3.8) is 0 Å². The molecule has 0 spiro atoms. The van der Waals surface area contributed by atoms with Crippen LogP contribution in [-0.2, 0) is 10.0 Å². The maximum Gasteiger partial charge on any atom is 0.256 e. The zero-order valence-electron chi connectivity index (χ0n) is 16.7. The molecule has 0 atom stereocenters. The fourth-order valence-electron chi connectivity index (χ4n) is 3.67. The Labute approximate surface area is 186 Å². The van der Waals surface area contributed by atoms with Gasteiger partial charge in [0.2, 0.25) is 10.0 Å². The third-order valence-electron chi connectivity index (χ3n) is 5.51. The van der Waals surface area contributed by atoms with Crippen molar-refractivity contribution >= 4 is 43.2 Å². The molecule has 3 N–H and O–H groups in total. The second kappa shape index (κ2) is 9.08. The summed E-state index contributed by atoms with van der Waals surface area (Å²) < 4.78 is 28.1. The number of anilines is 2. The summed E-state index contributed by atoms with van der Waals surface area (Å²) >= 11 is 3.36. The van der Waals surface area contributed by atoms with Crippen LogP contribution >= 0.6 is 15.9 Å². The van der Waals surface area contributed by atoms with Crippen LogP contribution in [0.4, 0.5) is 11.4 Å². The lowest BCUT2D eigenvalue weighted by molar-refractivity contribution is 0.102. The zero-order chi connectivity index (χ0) is 21.1. The lowest BCUT2D eigenvalue weighted by Crippen LogP contribution is -2.26. The molecule has 1 amide bonds. The van der Waals surface area contributed by atoms with Crippen LogP contribution in [0.25, 0.3) is 0 Å². The first-order valence-electron chi connectivity index (χ1n) is 10.4. The van der Waals surface area contributed by atoms with Gasteiger partial charge in [-0.2, -0.15) is 0 Å². The minimum atomic E-state index is -3.62. The minimum Gasteiger partial charge on any atom is -0.382 e. The predicted octanol–water partition coefficient (Wildman–Crippen LogP) is 4.89. The Morgan fingerprint density at radius 1 is 0.867 bits per heavy atom. The van der Waals surface area contributed by atoms with Gasteiger partial charge in [-0.3, -0.25) is 4.79 Å². The van der Waals surface area contributed by atoms with Crippen molar-refractivity contribution in [3.05, 3.63) is 52.5 Å². The second-order valence-corrected chi connectivity index (χ2v) is 10.6. The van der Waals surface area contributed by atoms with E-state index in [4.69, 9.17) is 0 Å². The monoisotopic (exact) mass is 491 g/mol. The summed E-state index contributed by atoms with van der Waals surface area (Å²) in [5, 5.41) is 6.40. The van der Waals surface area contributed by atoms with E-state index in [1.807, 2.05) is 24.3 Å². The number of benzene rings is 2. The predicted molar refractivity (Wildman–Crippen MR) is 122 cm³/mol. The molecule has 2 fully saturated rings. The highest BCUT2D eigenvalue weighted by Crippen LogP contribution is 2.26. The number of halogens is 1. The van der Waals surface area contributed by atoms with Gasteiger partial charge in [0.15, 0.2) is 0 Å². The van der Waals surface area contributed by atoms with Crippen molar-refractivity contribution in [1.29, 1.82) is 0 Å². The normalized spacial score (nSPS) is 17.5. The average Bonchev–Trinajstić information content (AvgIpc) is 3.53. The summed E-state index contributed by atoms with van der Waals surface area (Å²) in [5.41, 5.74) is 1.98. The molecule has 4 rings (SSSR count). The minimum absolute atomic E-state index is 0.0108. The topological polar surface area (TPSA) is 87.3 Å². The van der Waals surface area contributed by atoms with E-state index in [-0.39, 0.29) is 22.4 Å². The number of rotatable bonds is 7. The van der Waals surface area contributed by atoms with Crippen LogP contribution in [0.1, 0.15) is 55.3 Å². The van der Waals surface area contributed by atoms with Gasteiger partial charge in [0.25, 0.3) is 5.91 Å². The molecule has 6 nitrogen and oxygen atoms in total. The van der Waals surface area contributed by atoms with E-state index in [1.54, 1.807) is 6.07 Å². The summed E-state index contributed by atoms with van der Waals surface area (Å²) in [4.78, 5) is 12.9. The summed E-state index contributed by atoms with van der Waals surface area (Å²) in [7, 11) is -3.62. The van der Waals surface area contributed by atoms with E-state index in [9.17, 15) is 13.2 Å². The molecule has 0 aliphatic heterocycles. The van der Waals surface area contributed by atoms with Gasteiger partial charge in [-0.25, -0.2) is 13.1 Å². The molecule has 2 aromatic carbocycles. The lowest BCUT2D eigenvalue weighted by atomic mass is 9.95. The molecule has 0 radical (unpaired) electrons. The van der Waals surface area contributed by atoms with E-state index in [0.29, 0.717) is 16.2 Å². The smallest absolute Gasteiger partial charge is 0.256 e. The Kier molecular flexibility index (Phi) is 6.46. The molecule has 0 heterocycles. The Hall–Kier alpha value is -1.90. The number of nitrogens with one attached hydrogen (secondary N) is 3. The molecule has 2 saturated carbocycles. The molecule has 2 aliphatic carbocycles. The highest BCUT2D eigenvalue weighted by molar-refractivity contribution is 9.10. The van der Waals surface area contributed by atoms with E-state index < -0.39 is 10.0 Å². The van der Waals surface area contributed by atoms with E-state index in [1.165, 1.54) is 44.2 Å². The maximum atomic E-state index is 12.8. The Morgan fingerprint density at radius 3 is 2.20 bits per heavy atom. The van der Waals surface area contributed by atoms with Crippen molar-refractivity contribution < 1.29 is 13.2 Å². The molecular formula is C22H26BrN3O3S. The Morgan fingerprint density at radius 2 is 1.53 bits per heavy atom. The van der Waals surface area contributed by atoms with Crippen LogP contribution in [-0.4, -0.2) is 26.4 Å². The third-order valence-corrected chi connectivity index (χ3v) is 7.72. The number of hydrogen-bond donors (Lipinski definition) is 3. The van der Waals surface area contributed by atoms with Crippen molar-refractivity contribution in [2.45, 2.75) is 61.9 Å². The van der Waals surface area contributed by atoms with Gasteiger partial charge in [0, 0.05) is 27.9 Å². The van der Waals surface area contributed by atoms with Crippen LogP contribution in [0.5, 0.6) is 0 Å². The first kappa shape index (κ1) is 21.3. The van der Waals surface area contributed by atoms with Gasteiger partial charge in [0.05, 0.1) is 10.5 Å². The van der Waals surface area contributed by atoms with E-state index in [0.717, 1.165) is 18.5 Å². The number of carbonyl (C=O) groups excluding carboxylic acids is 1. The molecule has 160 valence electrons. The first-order valence-corrected chi connectivity index (χ1v) is 12.7. The van der Waals surface area contributed by atoms with Gasteiger partial charge < -0.3 is 10.6 Å². The van der Waals surface area contributed by atoms with Crippen LogP contribution in [0.15, 0.2) is 51.8 Å². The highest BCUT2D eigenvalue weighted by atomic mass is 79.9. The number of hydrogen-bond acceptors (Lipinski definition) is 4. The Bertz CT molecular complexity index is 1010. The van der Waals surface area contributed by atoms with Gasteiger partial charge in [-0.15, -0.1) is 0 Å². The second-order valence-electron chi connectivity index (χ2n) is 8.05. The SMILES string of the molecule is O=C(Nc1ccc(NC2CCCCC2)cc1)c1cc(S(=O)(=O)NC2CC2)ccc1Br. The van der Waals surface area contributed by atoms with Crippen molar-refractivity contribution in [1.82, 2.24) is 4.72 Å². The standard InChI is InChI=1S/C22H26BrN3O3S/c23-21-13-12-19(30(28,29)26-18-10-11-18)14-20(21)22(27)25-17-8-6-16(7-9-17)24-15-4-2-1-3-5-15/h6-9,12-15,18,24,26H,1-5,10-11H2,(H,25,27). The molecule has 0 aromatic heterocycles. The maximum absolute atomic E-state index is 12.8. The van der Waals surface area contributed by atoms with Crippen molar-refractivity contribution in [2.75, 3.05) is 10.6 Å². The number of carbonyl (C=O) groups is 1. The zero-order valence-corrected chi connectivity index (χ0v) is 19.1. The fraction of sp³-hybridized carbons (Fsp3) is 0.409. The fourth-order valence-corrected chi connectivity index (χ4v) is 5.42. The summed E-state index contributed by atoms with van der Waals surface area (Å²) in [6.07, 6.45) is 7.96. The lowest BCUT2D eigenvalue weighted by Gasteiger charge is -2.23. The third kappa shape index (κ3) is 5.42. The van der Waals surface area contributed by atoms with Gasteiger partial charge in [-0.1, -0.05) is 19.3 Å². The van der Waals surface area contributed by atoms with Crippen LogP contribution < -0.4 is 15.4 Å². The quantitative estimate of drug-likeness (QED) is 0.514. The van der Waals surface area contributed by atoms with E-state index in [2.05, 4.69) is 31.3 Å². The van der Waals surface area contributed by atoms with Crippen molar-refractivity contribution in [2.24, 2.45) is 0 Å². The van der Waals surface area contributed by atoms with Crippen LogP contribution in [0.2, 0.25) is 0 Å².